The van der Waals surface area contributed by atoms with Crippen molar-refractivity contribution in [2.45, 2.75) is 25.0 Å². The molecule has 0 radical (unpaired) electrons. The number of hydrogen-bond donors (Lipinski definition) is 1. The van der Waals surface area contributed by atoms with Gasteiger partial charge in [0.2, 0.25) is 0 Å². The summed E-state index contributed by atoms with van der Waals surface area (Å²) in [6.45, 7) is 2.22. The lowest BCUT2D eigenvalue weighted by Gasteiger charge is -2.03. The molecule has 1 rings (SSSR count). The SMILES string of the molecule is CCCSc1ncccc1CO. The van der Waals surface area contributed by atoms with E-state index in [0.717, 1.165) is 22.8 Å². The van der Waals surface area contributed by atoms with Gasteiger partial charge in [-0.25, -0.2) is 4.98 Å². The summed E-state index contributed by atoms with van der Waals surface area (Å²) in [5.74, 6) is 1.06. The molecule has 12 heavy (non-hydrogen) atoms. The van der Waals surface area contributed by atoms with Crippen molar-refractivity contribution in [1.82, 2.24) is 4.98 Å². The van der Waals surface area contributed by atoms with Crippen molar-refractivity contribution < 1.29 is 5.11 Å². The highest BCUT2D eigenvalue weighted by Gasteiger charge is 2.00. The quantitative estimate of drug-likeness (QED) is 0.725. The Bertz CT molecular complexity index is 240. The molecule has 0 atom stereocenters. The van der Waals surface area contributed by atoms with Crippen LogP contribution in [-0.4, -0.2) is 15.8 Å². The lowest BCUT2D eigenvalue weighted by atomic mass is 10.3. The van der Waals surface area contributed by atoms with Crippen LogP contribution in [0.25, 0.3) is 0 Å². The van der Waals surface area contributed by atoms with Gasteiger partial charge >= 0.3 is 0 Å². The summed E-state index contributed by atoms with van der Waals surface area (Å²) in [5, 5.41) is 9.92. The standard InChI is InChI=1S/C9H13NOS/c1-2-6-12-9-8(7-11)4-3-5-10-9/h3-5,11H,2,6-7H2,1H3. The summed E-state index contributed by atoms with van der Waals surface area (Å²) in [5.41, 5.74) is 0.927. The Kier molecular flexibility index (Phi) is 4.11. The molecule has 0 saturated heterocycles. The first kappa shape index (κ1) is 9.55. The summed E-state index contributed by atoms with van der Waals surface area (Å²) < 4.78 is 0. The molecule has 1 aromatic heterocycles. The highest BCUT2D eigenvalue weighted by atomic mass is 32.2. The maximum absolute atomic E-state index is 8.96. The van der Waals surface area contributed by atoms with Gasteiger partial charge in [-0.05, 0) is 18.2 Å². The van der Waals surface area contributed by atoms with Crippen molar-refractivity contribution in [3.05, 3.63) is 23.9 Å². The van der Waals surface area contributed by atoms with Gasteiger partial charge in [-0.3, -0.25) is 0 Å². The molecule has 0 aliphatic carbocycles. The number of nitrogens with zero attached hydrogens (tertiary/aromatic N) is 1. The van der Waals surface area contributed by atoms with Crippen molar-refractivity contribution in [1.29, 1.82) is 0 Å². The van der Waals surface area contributed by atoms with Gasteiger partial charge in [0.15, 0.2) is 0 Å². The van der Waals surface area contributed by atoms with Crippen LogP contribution >= 0.6 is 11.8 Å². The second-order valence-electron chi connectivity index (χ2n) is 2.47. The van der Waals surface area contributed by atoms with Gasteiger partial charge in [-0.2, -0.15) is 0 Å². The highest BCUT2D eigenvalue weighted by Crippen LogP contribution is 2.20. The van der Waals surface area contributed by atoms with E-state index in [-0.39, 0.29) is 6.61 Å². The average molecular weight is 183 g/mol. The minimum absolute atomic E-state index is 0.0832. The van der Waals surface area contributed by atoms with E-state index in [2.05, 4.69) is 11.9 Å². The molecular formula is C9H13NOS. The molecule has 1 N–H and O–H groups in total. The van der Waals surface area contributed by atoms with Crippen LogP contribution in [0.4, 0.5) is 0 Å². The first-order chi connectivity index (χ1) is 5.88. The zero-order chi connectivity index (χ0) is 8.81. The Morgan fingerprint density at radius 3 is 3.08 bits per heavy atom. The predicted octanol–water partition coefficient (Wildman–Crippen LogP) is 2.08. The van der Waals surface area contributed by atoms with E-state index < -0.39 is 0 Å². The first-order valence-corrected chi connectivity index (χ1v) is 5.04. The van der Waals surface area contributed by atoms with Crippen molar-refractivity contribution in [2.24, 2.45) is 0 Å². The molecule has 0 saturated carbocycles. The van der Waals surface area contributed by atoms with Gasteiger partial charge in [-0.1, -0.05) is 13.0 Å². The molecule has 3 heteroatoms. The molecule has 0 unspecified atom stereocenters. The number of rotatable bonds is 4. The van der Waals surface area contributed by atoms with E-state index in [4.69, 9.17) is 5.11 Å². The monoisotopic (exact) mass is 183 g/mol. The third-order valence-corrected chi connectivity index (χ3v) is 2.72. The number of aliphatic hydroxyl groups excluding tert-OH is 1. The largest absolute Gasteiger partial charge is 0.392 e. The fourth-order valence-corrected chi connectivity index (χ4v) is 1.72. The fraction of sp³-hybridized carbons (Fsp3) is 0.444. The zero-order valence-electron chi connectivity index (χ0n) is 7.16. The summed E-state index contributed by atoms with van der Waals surface area (Å²) in [6.07, 6.45) is 2.89. The molecule has 1 heterocycles. The maximum atomic E-state index is 8.96. The molecule has 0 spiro atoms. The number of thioether (sulfide) groups is 1. The summed E-state index contributed by atoms with van der Waals surface area (Å²) in [6, 6.07) is 3.76. The lowest BCUT2D eigenvalue weighted by molar-refractivity contribution is 0.278. The van der Waals surface area contributed by atoms with E-state index in [1.807, 2.05) is 12.1 Å². The van der Waals surface area contributed by atoms with E-state index >= 15 is 0 Å². The molecule has 2 nitrogen and oxygen atoms in total. The number of pyridine rings is 1. The Morgan fingerprint density at radius 2 is 2.42 bits per heavy atom. The van der Waals surface area contributed by atoms with Gasteiger partial charge in [-0.15, -0.1) is 11.8 Å². The summed E-state index contributed by atoms with van der Waals surface area (Å²) in [7, 11) is 0. The van der Waals surface area contributed by atoms with Crippen LogP contribution < -0.4 is 0 Å². The van der Waals surface area contributed by atoms with Crippen molar-refractivity contribution in [3.8, 4) is 0 Å². The summed E-state index contributed by atoms with van der Waals surface area (Å²) in [4.78, 5) is 4.19. The average Bonchev–Trinajstić information content (AvgIpc) is 2.15. The van der Waals surface area contributed by atoms with Crippen LogP contribution in [0.15, 0.2) is 23.4 Å². The molecule has 0 amide bonds. The maximum Gasteiger partial charge on any atom is 0.101 e. The highest BCUT2D eigenvalue weighted by molar-refractivity contribution is 7.99. The Balaban J connectivity index is 2.68. The van der Waals surface area contributed by atoms with E-state index in [9.17, 15) is 0 Å². The van der Waals surface area contributed by atoms with Crippen molar-refractivity contribution in [3.63, 3.8) is 0 Å². The minimum atomic E-state index is 0.0832. The van der Waals surface area contributed by atoms with Crippen LogP contribution in [0, 0.1) is 0 Å². The Morgan fingerprint density at radius 1 is 1.58 bits per heavy atom. The molecule has 0 aliphatic rings. The van der Waals surface area contributed by atoms with Gasteiger partial charge in [0.1, 0.15) is 5.03 Å². The second kappa shape index (κ2) is 5.17. The molecular weight excluding hydrogens is 170 g/mol. The van der Waals surface area contributed by atoms with Crippen LogP contribution in [0.2, 0.25) is 0 Å². The van der Waals surface area contributed by atoms with Crippen LogP contribution in [0.5, 0.6) is 0 Å². The zero-order valence-corrected chi connectivity index (χ0v) is 7.97. The molecule has 0 fully saturated rings. The molecule has 66 valence electrons. The van der Waals surface area contributed by atoms with Crippen LogP contribution in [-0.2, 0) is 6.61 Å². The number of aromatic nitrogens is 1. The van der Waals surface area contributed by atoms with Gasteiger partial charge in [0, 0.05) is 11.8 Å². The third kappa shape index (κ3) is 2.50. The first-order valence-electron chi connectivity index (χ1n) is 4.06. The Hall–Kier alpha value is -0.540. The molecule has 0 aliphatic heterocycles. The lowest BCUT2D eigenvalue weighted by Crippen LogP contribution is -1.90. The van der Waals surface area contributed by atoms with Crippen LogP contribution in [0.3, 0.4) is 0 Å². The van der Waals surface area contributed by atoms with Gasteiger partial charge in [0.25, 0.3) is 0 Å². The van der Waals surface area contributed by atoms with E-state index in [1.165, 1.54) is 0 Å². The van der Waals surface area contributed by atoms with Gasteiger partial charge in [0.05, 0.1) is 6.61 Å². The predicted molar refractivity (Wildman–Crippen MR) is 51.2 cm³/mol. The number of aliphatic hydroxyl groups is 1. The number of hydrogen-bond acceptors (Lipinski definition) is 3. The van der Waals surface area contributed by atoms with E-state index in [1.54, 1.807) is 18.0 Å². The Labute approximate surface area is 77.0 Å². The normalized spacial score (nSPS) is 10.2. The van der Waals surface area contributed by atoms with Gasteiger partial charge < -0.3 is 5.11 Å². The second-order valence-corrected chi connectivity index (χ2v) is 3.56. The molecule has 1 aromatic rings. The third-order valence-electron chi connectivity index (χ3n) is 1.46. The molecule has 0 bridgehead atoms. The minimum Gasteiger partial charge on any atom is -0.392 e. The smallest absolute Gasteiger partial charge is 0.101 e. The fourth-order valence-electron chi connectivity index (χ4n) is 0.873. The molecule has 0 aromatic carbocycles. The van der Waals surface area contributed by atoms with E-state index in [0.29, 0.717) is 0 Å². The summed E-state index contributed by atoms with van der Waals surface area (Å²) >= 11 is 1.70. The van der Waals surface area contributed by atoms with Crippen molar-refractivity contribution in [2.75, 3.05) is 5.75 Å². The van der Waals surface area contributed by atoms with Crippen molar-refractivity contribution >= 4 is 11.8 Å². The van der Waals surface area contributed by atoms with Crippen LogP contribution in [0.1, 0.15) is 18.9 Å². The topological polar surface area (TPSA) is 33.1 Å².